The maximum atomic E-state index is 6.87. The largest absolute Gasteiger partial charge is 0.456 e. The Morgan fingerprint density at radius 3 is 1.83 bits per heavy atom. The molecule has 274 valence electrons. The van der Waals surface area contributed by atoms with E-state index in [-0.39, 0.29) is 0 Å². The van der Waals surface area contributed by atoms with E-state index in [0.717, 1.165) is 89.0 Å². The molecule has 0 aliphatic heterocycles. The summed E-state index contributed by atoms with van der Waals surface area (Å²) >= 11 is 0. The maximum Gasteiger partial charge on any atom is 0.227 e. The normalized spacial score (nSPS) is 11.4. The van der Waals surface area contributed by atoms with E-state index >= 15 is 0 Å². The van der Waals surface area contributed by atoms with Crippen molar-refractivity contribution in [3.8, 4) is 22.6 Å². The van der Waals surface area contributed by atoms with E-state index in [1.807, 2.05) is 42.5 Å². The topological polar surface area (TPSA) is 45.7 Å². The van der Waals surface area contributed by atoms with E-state index in [2.05, 4.69) is 180 Å². The first-order chi connectivity index (χ1) is 28.8. The second-order valence-corrected chi connectivity index (χ2v) is 14.4. The number of anilines is 6. The van der Waals surface area contributed by atoms with Crippen LogP contribution in [0, 0.1) is 0 Å². The van der Waals surface area contributed by atoms with Crippen molar-refractivity contribution >= 4 is 77.9 Å². The van der Waals surface area contributed by atoms with E-state index < -0.39 is 0 Å². The third-order valence-corrected chi connectivity index (χ3v) is 10.8. The van der Waals surface area contributed by atoms with Crippen LogP contribution in [0.2, 0.25) is 0 Å². The van der Waals surface area contributed by atoms with Crippen molar-refractivity contribution in [2.75, 3.05) is 9.80 Å². The van der Waals surface area contributed by atoms with Gasteiger partial charge in [-0.25, -0.2) is 4.98 Å². The summed E-state index contributed by atoms with van der Waals surface area (Å²) in [4.78, 5) is 9.88. The van der Waals surface area contributed by atoms with E-state index in [1.165, 1.54) is 0 Å². The van der Waals surface area contributed by atoms with Gasteiger partial charge in [0, 0.05) is 38.7 Å². The van der Waals surface area contributed by atoms with Gasteiger partial charge in [-0.15, -0.1) is 0 Å². The number of furan rings is 1. The van der Waals surface area contributed by atoms with Crippen LogP contribution in [0.4, 0.5) is 34.1 Å². The van der Waals surface area contributed by atoms with Crippen molar-refractivity contribution in [1.29, 1.82) is 0 Å². The molecule has 11 rings (SSSR count). The lowest BCUT2D eigenvalue weighted by atomic mass is 10.0. The first-order valence-electron chi connectivity index (χ1n) is 19.5. The molecule has 0 bridgehead atoms. The van der Waals surface area contributed by atoms with Gasteiger partial charge in [0.25, 0.3) is 0 Å². The third-order valence-electron chi connectivity index (χ3n) is 10.8. The van der Waals surface area contributed by atoms with Gasteiger partial charge in [0.15, 0.2) is 5.58 Å². The zero-order chi connectivity index (χ0) is 38.4. The fourth-order valence-corrected chi connectivity index (χ4v) is 8.20. The monoisotopic (exact) mass is 745 g/mol. The van der Waals surface area contributed by atoms with Crippen LogP contribution in [0.15, 0.2) is 221 Å². The van der Waals surface area contributed by atoms with Crippen molar-refractivity contribution in [2.45, 2.75) is 0 Å². The number of rotatable bonds is 8. The van der Waals surface area contributed by atoms with Crippen LogP contribution >= 0.6 is 0 Å². The van der Waals surface area contributed by atoms with Crippen LogP contribution < -0.4 is 9.80 Å². The second-order valence-electron chi connectivity index (χ2n) is 14.4. The van der Waals surface area contributed by atoms with E-state index in [9.17, 15) is 0 Å². The van der Waals surface area contributed by atoms with Crippen molar-refractivity contribution in [1.82, 2.24) is 4.98 Å². The van der Waals surface area contributed by atoms with Gasteiger partial charge in [0.1, 0.15) is 16.7 Å². The van der Waals surface area contributed by atoms with Gasteiger partial charge < -0.3 is 18.6 Å². The number of benzene rings is 9. The summed E-state index contributed by atoms with van der Waals surface area (Å²) in [5, 5.41) is 4.39. The third kappa shape index (κ3) is 5.76. The SMILES string of the molecule is c1ccc(-c2nc3cc(N(c4ccc5oc6ccccc6c5c4)c4ccccc4-c4ccccc4)cc(N(c4ccccc4)c4cccc5ccccc45)c3o2)cc1. The average molecular weight is 746 g/mol. The summed E-state index contributed by atoms with van der Waals surface area (Å²) in [6, 6.07) is 73.9. The van der Waals surface area contributed by atoms with Crippen molar-refractivity contribution in [3.05, 3.63) is 212 Å². The van der Waals surface area contributed by atoms with Gasteiger partial charge in [-0.05, 0) is 83.7 Å². The molecule has 0 atom stereocenters. The molecule has 5 nitrogen and oxygen atoms in total. The van der Waals surface area contributed by atoms with E-state index in [0.29, 0.717) is 11.5 Å². The van der Waals surface area contributed by atoms with Crippen LogP contribution in [0.5, 0.6) is 0 Å². The Labute approximate surface area is 335 Å². The molecule has 2 aromatic heterocycles. The van der Waals surface area contributed by atoms with Gasteiger partial charge in [-0.2, -0.15) is 0 Å². The molecule has 0 spiro atoms. The predicted octanol–water partition coefficient (Wildman–Crippen LogP) is 15.2. The van der Waals surface area contributed by atoms with Crippen LogP contribution in [0.1, 0.15) is 0 Å². The molecule has 0 saturated heterocycles. The molecule has 2 heterocycles. The van der Waals surface area contributed by atoms with E-state index in [1.54, 1.807) is 0 Å². The van der Waals surface area contributed by atoms with Gasteiger partial charge in [-0.1, -0.05) is 140 Å². The molecular weight excluding hydrogens is 711 g/mol. The Balaban J connectivity index is 1.24. The average Bonchev–Trinajstić information content (AvgIpc) is 3.90. The number of nitrogens with zero attached hydrogens (tertiary/aromatic N) is 3. The summed E-state index contributed by atoms with van der Waals surface area (Å²) in [5.41, 5.74) is 12.1. The minimum atomic E-state index is 0.558. The molecule has 0 saturated carbocycles. The molecule has 0 radical (unpaired) electrons. The van der Waals surface area contributed by atoms with Crippen LogP contribution in [0.3, 0.4) is 0 Å². The highest BCUT2D eigenvalue weighted by Gasteiger charge is 2.26. The zero-order valence-corrected chi connectivity index (χ0v) is 31.4. The Morgan fingerprint density at radius 1 is 0.362 bits per heavy atom. The van der Waals surface area contributed by atoms with Crippen LogP contribution in [-0.2, 0) is 0 Å². The summed E-state index contributed by atoms with van der Waals surface area (Å²) in [6.07, 6.45) is 0. The van der Waals surface area contributed by atoms with E-state index in [4.69, 9.17) is 13.8 Å². The lowest BCUT2D eigenvalue weighted by Crippen LogP contribution is -2.14. The number of fused-ring (bicyclic) bond motifs is 5. The van der Waals surface area contributed by atoms with Crippen molar-refractivity contribution < 1.29 is 8.83 Å². The van der Waals surface area contributed by atoms with Crippen molar-refractivity contribution in [3.63, 3.8) is 0 Å². The van der Waals surface area contributed by atoms with Crippen LogP contribution in [-0.4, -0.2) is 4.98 Å². The number of para-hydroxylation sites is 3. The number of hydrogen-bond acceptors (Lipinski definition) is 5. The Bertz CT molecular complexity index is 3240. The molecule has 0 amide bonds. The first kappa shape index (κ1) is 33.4. The molecule has 0 unspecified atom stereocenters. The van der Waals surface area contributed by atoms with Crippen LogP contribution in [0.25, 0.3) is 66.4 Å². The fraction of sp³-hybridized carbons (Fsp3) is 0. The lowest BCUT2D eigenvalue weighted by molar-refractivity contribution is 0.620. The molecule has 9 aromatic carbocycles. The molecule has 11 aromatic rings. The molecule has 58 heavy (non-hydrogen) atoms. The summed E-state index contributed by atoms with van der Waals surface area (Å²) in [7, 11) is 0. The first-order valence-corrected chi connectivity index (χ1v) is 19.5. The number of oxazole rings is 1. The summed E-state index contributed by atoms with van der Waals surface area (Å²) in [5.74, 6) is 0.558. The number of aromatic nitrogens is 1. The fourth-order valence-electron chi connectivity index (χ4n) is 8.20. The quantitative estimate of drug-likeness (QED) is 0.155. The second kappa shape index (κ2) is 14.0. The molecule has 0 N–H and O–H groups in total. The molecular formula is C53H35N3O2. The summed E-state index contributed by atoms with van der Waals surface area (Å²) < 4.78 is 13.2. The minimum absolute atomic E-state index is 0.558. The standard InChI is InChI=1S/C53H35N3O2/c1-4-17-36(18-5-1)42-26-12-14-28-47(42)55(40-31-32-51-45(33-40)44-27-13-15-30-50(44)57-51)41-34-46-52(58-53(54-46)38-20-6-2-7-21-38)49(35-41)56(39-23-8-3-9-24-39)48-29-16-22-37-19-10-11-25-43(37)48/h1-35H. The zero-order valence-electron chi connectivity index (χ0n) is 31.4. The Morgan fingerprint density at radius 2 is 1.00 bits per heavy atom. The Kier molecular flexibility index (Phi) is 8.07. The predicted molar refractivity (Wildman–Crippen MR) is 239 cm³/mol. The van der Waals surface area contributed by atoms with Gasteiger partial charge >= 0.3 is 0 Å². The molecule has 5 heteroatoms. The highest BCUT2D eigenvalue weighted by atomic mass is 16.3. The Hall–Kier alpha value is -7.89. The molecule has 0 fully saturated rings. The highest BCUT2D eigenvalue weighted by molar-refractivity contribution is 6.08. The number of hydrogen-bond donors (Lipinski definition) is 0. The molecule has 0 aliphatic rings. The van der Waals surface area contributed by atoms with Crippen molar-refractivity contribution in [2.24, 2.45) is 0 Å². The molecule has 0 aliphatic carbocycles. The maximum absolute atomic E-state index is 6.87. The smallest absolute Gasteiger partial charge is 0.227 e. The highest BCUT2D eigenvalue weighted by Crippen LogP contribution is 2.49. The minimum Gasteiger partial charge on any atom is -0.456 e. The summed E-state index contributed by atoms with van der Waals surface area (Å²) in [6.45, 7) is 0. The lowest BCUT2D eigenvalue weighted by Gasteiger charge is -2.31. The van der Waals surface area contributed by atoms with Gasteiger partial charge in [0.2, 0.25) is 5.89 Å². The van der Waals surface area contributed by atoms with Gasteiger partial charge in [-0.3, -0.25) is 0 Å². The van der Waals surface area contributed by atoms with Gasteiger partial charge in [0.05, 0.1) is 22.7 Å².